The predicted octanol–water partition coefficient (Wildman–Crippen LogP) is 2.57. The summed E-state index contributed by atoms with van der Waals surface area (Å²) in [6, 6.07) is 0. The summed E-state index contributed by atoms with van der Waals surface area (Å²) in [6.45, 7) is 6.10. The van der Waals surface area contributed by atoms with Crippen LogP contribution < -0.4 is 0 Å². The number of hydrogen-bond acceptors (Lipinski definition) is 1. The van der Waals surface area contributed by atoms with Crippen LogP contribution in [0.4, 0.5) is 13.2 Å². The number of alkyl halides is 3. The topological polar surface area (TPSA) is 3.24 Å². The van der Waals surface area contributed by atoms with E-state index in [0.29, 0.717) is 6.54 Å². The summed E-state index contributed by atoms with van der Waals surface area (Å²) >= 11 is 0. The molecular weight excluding hydrogens is 179 g/mol. The molecule has 0 aromatic carbocycles. The van der Waals surface area contributed by atoms with Gasteiger partial charge in [-0.25, -0.2) is 13.2 Å². The largest absolute Gasteiger partial charge is 0.294 e. The molecule has 1 rings (SSSR count). The third-order valence-electron chi connectivity index (χ3n) is 1.99. The van der Waals surface area contributed by atoms with Crippen molar-refractivity contribution in [1.29, 1.82) is 0 Å². The average Bonchev–Trinajstić information content (AvgIpc) is 2.34. The molecule has 1 fully saturated rings. The summed E-state index contributed by atoms with van der Waals surface area (Å²) in [5.41, 5.74) is 0. The number of likely N-dealkylation sites (tertiary alicyclic amines) is 1. The molecule has 2 atom stereocenters. The van der Waals surface area contributed by atoms with Gasteiger partial charge in [-0.15, -0.1) is 0 Å². The van der Waals surface area contributed by atoms with E-state index < -0.39 is 12.6 Å². The van der Waals surface area contributed by atoms with Crippen LogP contribution in [-0.4, -0.2) is 37.1 Å². The second-order valence-corrected chi connectivity index (χ2v) is 3.10. The predicted molar refractivity (Wildman–Crippen MR) is 47.9 cm³/mol. The third kappa shape index (κ3) is 4.50. The van der Waals surface area contributed by atoms with Crippen molar-refractivity contribution < 1.29 is 13.2 Å². The molecular formula is C9H18F3N. The highest BCUT2D eigenvalue weighted by molar-refractivity contribution is 4.81. The minimum atomic E-state index is -2.34. The first-order valence-electron chi connectivity index (χ1n) is 4.74. The molecule has 0 aromatic rings. The van der Waals surface area contributed by atoms with Gasteiger partial charge in [0.25, 0.3) is 6.43 Å². The number of rotatable bonds is 2. The Morgan fingerprint density at radius 2 is 1.85 bits per heavy atom. The lowest BCUT2D eigenvalue weighted by atomic mass is 10.1. The van der Waals surface area contributed by atoms with Gasteiger partial charge in [0, 0.05) is 19.0 Å². The van der Waals surface area contributed by atoms with Gasteiger partial charge in [0.05, 0.1) is 6.54 Å². The van der Waals surface area contributed by atoms with Gasteiger partial charge in [0.2, 0.25) is 0 Å². The van der Waals surface area contributed by atoms with Gasteiger partial charge in [0.15, 0.2) is 0 Å². The second kappa shape index (κ2) is 6.24. The smallest absolute Gasteiger partial charge is 0.251 e. The number of halogens is 3. The summed E-state index contributed by atoms with van der Waals surface area (Å²) in [5.74, 6) is -0.0891. The van der Waals surface area contributed by atoms with E-state index in [1.165, 1.54) is 4.90 Å². The normalized spacial score (nSPS) is 28.8. The fourth-order valence-electron chi connectivity index (χ4n) is 1.37. The van der Waals surface area contributed by atoms with E-state index >= 15 is 0 Å². The molecule has 1 saturated heterocycles. The van der Waals surface area contributed by atoms with Crippen molar-refractivity contribution in [3.63, 3.8) is 0 Å². The summed E-state index contributed by atoms with van der Waals surface area (Å²) < 4.78 is 36.3. The molecule has 0 bridgehead atoms. The molecule has 1 aliphatic heterocycles. The van der Waals surface area contributed by atoms with Crippen molar-refractivity contribution in [3.8, 4) is 0 Å². The maximum atomic E-state index is 12.7. The number of hydrogen-bond donors (Lipinski definition) is 0. The molecule has 4 heteroatoms. The second-order valence-electron chi connectivity index (χ2n) is 3.10. The Morgan fingerprint density at radius 1 is 1.31 bits per heavy atom. The van der Waals surface area contributed by atoms with E-state index in [0.717, 1.165) is 0 Å². The van der Waals surface area contributed by atoms with Gasteiger partial charge in [-0.3, -0.25) is 4.90 Å². The lowest BCUT2D eigenvalue weighted by Crippen LogP contribution is -2.26. The molecule has 0 N–H and O–H groups in total. The lowest BCUT2D eigenvalue weighted by molar-refractivity contribution is 0.0962. The standard InChI is InChI=1S/C7H12F3N.C2H6/c1-5-2-11(3-6(5)8)4-7(9)10;1-2/h5-7H,2-4H2,1H3;1-2H3. The van der Waals surface area contributed by atoms with Crippen molar-refractivity contribution in [2.24, 2.45) is 5.92 Å². The van der Waals surface area contributed by atoms with Crippen LogP contribution in [0.1, 0.15) is 20.8 Å². The van der Waals surface area contributed by atoms with Crippen LogP contribution in [0.15, 0.2) is 0 Å². The SMILES string of the molecule is CC.CC1CN(CC(F)F)CC1F. The maximum absolute atomic E-state index is 12.7. The Kier molecular flexibility index (Phi) is 6.12. The molecule has 0 spiro atoms. The van der Waals surface area contributed by atoms with E-state index in [4.69, 9.17) is 0 Å². The Hall–Kier alpha value is -0.250. The van der Waals surface area contributed by atoms with Crippen molar-refractivity contribution in [2.75, 3.05) is 19.6 Å². The molecule has 2 unspecified atom stereocenters. The van der Waals surface area contributed by atoms with E-state index in [1.807, 2.05) is 13.8 Å². The van der Waals surface area contributed by atoms with Gasteiger partial charge >= 0.3 is 0 Å². The minimum Gasteiger partial charge on any atom is -0.294 e. The van der Waals surface area contributed by atoms with Crippen molar-refractivity contribution in [3.05, 3.63) is 0 Å². The molecule has 80 valence electrons. The van der Waals surface area contributed by atoms with Gasteiger partial charge in [-0.2, -0.15) is 0 Å². The summed E-state index contributed by atoms with van der Waals surface area (Å²) in [5, 5.41) is 0. The van der Waals surface area contributed by atoms with Crippen LogP contribution in [0.2, 0.25) is 0 Å². The highest BCUT2D eigenvalue weighted by Crippen LogP contribution is 2.19. The van der Waals surface area contributed by atoms with E-state index in [9.17, 15) is 13.2 Å². The summed E-state index contributed by atoms with van der Waals surface area (Å²) in [6.07, 6.45) is -3.26. The van der Waals surface area contributed by atoms with E-state index in [2.05, 4.69) is 0 Å². The van der Waals surface area contributed by atoms with Crippen molar-refractivity contribution >= 4 is 0 Å². The molecule has 1 heterocycles. The van der Waals surface area contributed by atoms with Crippen molar-refractivity contribution in [2.45, 2.75) is 33.4 Å². The first-order chi connectivity index (χ1) is 6.09. The molecule has 0 saturated carbocycles. The highest BCUT2D eigenvalue weighted by Gasteiger charge is 2.30. The van der Waals surface area contributed by atoms with Crippen LogP contribution in [0.5, 0.6) is 0 Å². The minimum absolute atomic E-state index is 0.0891. The molecule has 0 aliphatic carbocycles. The highest BCUT2D eigenvalue weighted by atomic mass is 19.3. The Labute approximate surface area is 77.9 Å². The Bertz CT molecular complexity index is 117. The zero-order valence-corrected chi connectivity index (χ0v) is 8.43. The Morgan fingerprint density at radius 3 is 2.15 bits per heavy atom. The van der Waals surface area contributed by atoms with Crippen LogP contribution in [0.25, 0.3) is 0 Å². The zero-order valence-electron chi connectivity index (χ0n) is 8.43. The zero-order chi connectivity index (χ0) is 10.4. The molecule has 1 aliphatic rings. The van der Waals surface area contributed by atoms with Crippen LogP contribution in [0, 0.1) is 5.92 Å². The molecule has 0 aromatic heterocycles. The van der Waals surface area contributed by atoms with Gasteiger partial charge in [-0.05, 0) is 0 Å². The van der Waals surface area contributed by atoms with Crippen LogP contribution in [-0.2, 0) is 0 Å². The summed E-state index contributed by atoms with van der Waals surface area (Å²) in [7, 11) is 0. The fourth-order valence-corrected chi connectivity index (χ4v) is 1.37. The summed E-state index contributed by atoms with van der Waals surface area (Å²) in [4.78, 5) is 1.47. The van der Waals surface area contributed by atoms with E-state index in [-0.39, 0.29) is 19.0 Å². The van der Waals surface area contributed by atoms with Gasteiger partial charge in [-0.1, -0.05) is 20.8 Å². The molecule has 13 heavy (non-hydrogen) atoms. The molecule has 0 radical (unpaired) electrons. The Balaban J connectivity index is 0.000000671. The molecule has 0 amide bonds. The lowest BCUT2D eigenvalue weighted by Gasteiger charge is -2.12. The van der Waals surface area contributed by atoms with Gasteiger partial charge in [0.1, 0.15) is 6.17 Å². The average molecular weight is 197 g/mol. The van der Waals surface area contributed by atoms with Crippen molar-refractivity contribution in [1.82, 2.24) is 4.90 Å². The first kappa shape index (κ1) is 12.8. The number of nitrogens with zero attached hydrogens (tertiary/aromatic N) is 1. The molecule has 1 nitrogen and oxygen atoms in total. The quantitative estimate of drug-likeness (QED) is 0.657. The van der Waals surface area contributed by atoms with E-state index in [1.54, 1.807) is 6.92 Å². The van der Waals surface area contributed by atoms with Crippen LogP contribution >= 0.6 is 0 Å². The third-order valence-corrected chi connectivity index (χ3v) is 1.99. The maximum Gasteiger partial charge on any atom is 0.251 e. The monoisotopic (exact) mass is 197 g/mol. The van der Waals surface area contributed by atoms with Gasteiger partial charge < -0.3 is 0 Å². The first-order valence-corrected chi connectivity index (χ1v) is 4.74. The fraction of sp³-hybridized carbons (Fsp3) is 1.00. The van der Waals surface area contributed by atoms with Crippen LogP contribution in [0.3, 0.4) is 0 Å².